The van der Waals surface area contributed by atoms with Crippen molar-refractivity contribution in [3.8, 4) is 0 Å². The predicted octanol–water partition coefficient (Wildman–Crippen LogP) is 7.47. The second kappa shape index (κ2) is 12.3. The van der Waals surface area contributed by atoms with Crippen LogP contribution in [0.3, 0.4) is 0 Å². The average Bonchev–Trinajstić information content (AvgIpc) is 2.69. The molecule has 4 heteroatoms. The summed E-state index contributed by atoms with van der Waals surface area (Å²) in [6, 6.07) is 9.90. The predicted molar refractivity (Wildman–Crippen MR) is 122 cm³/mol. The van der Waals surface area contributed by atoms with E-state index < -0.39 is 14.9 Å². The van der Waals surface area contributed by atoms with Gasteiger partial charge in [0.2, 0.25) is 0 Å². The van der Waals surface area contributed by atoms with Gasteiger partial charge in [-0.25, -0.2) is 0 Å². The van der Waals surface area contributed by atoms with Crippen molar-refractivity contribution >= 4 is 20.2 Å². The zero-order chi connectivity index (χ0) is 19.3. The summed E-state index contributed by atoms with van der Waals surface area (Å²) in [5, 5.41) is 0.896. The van der Waals surface area contributed by atoms with E-state index in [1.165, 1.54) is 76.0 Å². The molecule has 1 aromatic rings. The molecule has 0 saturated heterocycles. The molecule has 0 aliphatic carbocycles. The first-order valence-corrected chi connectivity index (χ1v) is 15.1. The molecule has 0 fully saturated rings. The third-order valence-corrected chi connectivity index (χ3v) is 15.0. The second-order valence-electron chi connectivity index (χ2n) is 7.91. The van der Waals surface area contributed by atoms with Crippen LogP contribution in [0.5, 0.6) is 0 Å². The molecule has 26 heavy (non-hydrogen) atoms. The molecule has 1 rings (SSSR count). The summed E-state index contributed by atoms with van der Waals surface area (Å²) in [6.45, 7) is 6.64. The Morgan fingerprint density at radius 1 is 0.731 bits per heavy atom. The normalized spacial score (nSPS) is 14.7. The molecule has 1 aromatic carbocycles. The molecule has 152 valence electrons. The Bertz CT molecular complexity index is 473. The number of unbranched alkanes of at least 4 members (excludes halogenated alkanes) is 4. The van der Waals surface area contributed by atoms with Gasteiger partial charge in [0.25, 0.3) is 0 Å². The van der Waals surface area contributed by atoms with Crippen molar-refractivity contribution in [2.45, 2.75) is 79.1 Å². The quantitative estimate of drug-likeness (QED) is 0.285. The molecule has 0 N–H and O–H groups in total. The van der Waals surface area contributed by atoms with Crippen molar-refractivity contribution in [3.63, 3.8) is 0 Å². The van der Waals surface area contributed by atoms with Crippen LogP contribution in [0.25, 0.3) is 0 Å². The van der Waals surface area contributed by atoms with E-state index in [-0.39, 0.29) is 0 Å². The number of rotatable bonds is 15. The van der Waals surface area contributed by atoms with E-state index in [9.17, 15) is 4.57 Å². The maximum atomic E-state index is 13.3. The molecule has 0 aromatic heterocycles. The summed E-state index contributed by atoms with van der Waals surface area (Å²) in [5.41, 5.74) is 0. The molecule has 1 atom stereocenters. The van der Waals surface area contributed by atoms with Crippen LogP contribution >= 0.6 is 14.9 Å². The van der Waals surface area contributed by atoms with E-state index in [0.717, 1.165) is 5.30 Å². The third-order valence-electron chi connectivity index (χ3n) is 5.66. The zero-order valence-corrected chi connectivity index (χ0v) is 19.5. The van der Waals surface area contributed by atoms with Crippen LogP contribution in [0, 0.1) is 0 Å². The molecular formula is C22H42O2P2. The number of hydrogen-bond acceptors (Lipinski definition) is 2. The van der Waals surface area contributed by atoms with E-state index in [2.05, 4.69) is 27.7 Å². The Hall–Kier alpha value is -0.160. The molecule has 0 aliphatic heterocycles. The summed E-state index contributed by atoms with van der Waals surface area (Å²) in [5.74, 6) is 0. The summed E-state index contributed by atoms with van der Waals surface area (Å²) >= 11 is 0. The molecule has 0 saturated carbocycles. The number of benzene rings is 1. The van der Waals surface area contributed by atoms with Crippen molar-refractivity contribution in [1.29, 1.82) is 0 Å². The Kier molecular flexibility index (Phi) is 11.3. The fraction of sp³-hybridized carbons (Fsp3) is 0.727. The van der Waals surface area contributed by atoms with E-state index in [0.29, 0.717) is 0 Å². The van der Waals surface area contributed by atoms with Crippen LogP contribution < -0.4 is 5.30 Å². The molecule has 0 aliphatic rings. The van der Waals surface area contributed by atoms with Gasteiger partial charge in [-0.2, -0.15) is 0 Å². The van der Waals surface area contributed by atoms with Gasteiger partial charge in [-0.1, -0.05) is 0 Å². The second-order valence-corrected chi connectivity index (χ2v) is 15.3. The fourth-order valence-electron chi connectivity index (χ4n) is 3.95. The molecule has 0 bridgehead atoms. The molecule has 1 unspecified atom stereocenters. The van der Waals surface area contributed by atoms with Gasteiger partial charge in [0.1, 0.15) is 0 Å². The Balaban J connectivity index is 3.27. The first-order valence-electron chi connectivity index (χ1n) is 10.8. The van der Waals surface area contributed by atoms with Gasteiger partial charge in [-0.05, 0) is 0 Å². The summed E-state index contributed by atoms with van der Waals surface area (Å²) in [6.07, 6.45) is 14.3. The first-order chi connectivity index (χ1) is 12.5. The molecule has 0 amide bonds. The van der Waals surface area contributed by atoms with Crippen molar-refractivity contribution in [1.82, 2.24) is 0 Å². The molecule has 0 spiro atoms. The minimum atomic E-state index is -2.44. The van der Waals surface area contributed by atoms with Crippen molar-refractivity contribution in [2.24, 2.45) is 0 Å². The van der Waals surface area contributed by atoms with E-state index in [1.54, 1.807) is 0 Å². The van der Waals surface area contributed by atoms with Crippen LogP contribution in [0.15, 0.2) is 30.3 Å². The third kappa shape index (κ3) is 7.10. The van der Waals surface area contributed by atoms with Crippen molar-refractivity contribution < 1.29 is 8.88 Å². The van der Waals surface area contributed by atoms with Gasteiger partial charge in [0, 0.05) is 0 Å². The van der Waals surface area contributed by atoms with E-state index >= 15 is 0 Å². The maximum absolute atomic E-state index is 13.3. The number of hydrogen-bond donors (Lipinski definition) is 0. The zero-order valence-electron chi connectivity index (χ0n) is 17.6. The Morgan fingerprint density at radius 3 is 1.46 bits per heavy atom. The summed E-state index contributed by atoms with van der Waals surface area (Å²) in [4.78, 5) is 0. The Morgan fingerprint density at radius 2 is 1.12 bits per heavy atom. The van der Waals surface area contributed by atoms with Gasteiger partial charge < -0.3 is 0 Å². The van der Waals surface area contributed by atoms with E-state index in [1.807, 2.05) is 30.3 Å². The van der Waals surface area contributed by atoms with Gasteiger partial charge in [0.15, 0.2) is 0 Å². The summed E-state index contributed by atoms with van der Waals surface area (Å²) < 4.78 is 20.2. The minimum absolute atomic E-state index is 0.896. The fourth-order valence-corrected chi connectivity index (χ4v) is 14.0. The molecule has 2 nitrogen and oxygen atoms in total. The van der Waals surface area contributed by atoms with E-state index in [4.69, 9.17) is 4.31 Å². The summed E-state index contributed by atoms with van der Waals surface area (Å²) in [7, 11) is -2.19. The molecule has 0 radical (unpaired) electrons. The SMILES string of the molecule is CCCCP(CCCC)(CCCC)(CCCC)O[PH](=O)c1ccccc1. The van der Waals surface area contributed by atoms with Gasteiger partial charge in [0.05, 0.1) is 0 Å². The monoisotopic (exact) mass is 400 g/mol. The van der Waals surface area contributed by atoms with Crippen LogP contribution in [0.2, 0.25) is 0 Å². The molecular weight excluding hydrogens is 358 g/mol. The van der Waals surface area contributed by atoms with Crippen molar-refractivity contribution in [2.75, 3.05) is 24.6 Å². The van der Waals surface area contributed by atoms with Gasteiger partial charge >= 0.3 is 163 Å². The standard InChI is InChI=1S/C22H42O2P2/c1-5-9-18-26(19-10-6-2,20-11-7-3,21-12-8-4)24-25(23)22-16-14-13-15-17-22/h13-17,25H,5-12,18-21H2,1-4H3. The topological polar surface area (TPSA) is 26.3 Å². The first kappa shape index (κ1) is 23.9. The molecule has 0 heterocycles. The van der Waals surface area contributed by atoms with Crippen LogP contribution in [-0.2, 0) is 8.88 Å². The van der Waals surface area contributed by atoms with Crippen LogP contribution in [0.4, 0.5) is 0 Å². The van der Waals surface area contributed by atoms with Gasteiger partial charge in [-0.15, -0.1) is 0 Å². The van der Waals surface area contributed by atoms with Crippen molar-refractivity contribution in [3.05, 3.63) is 30.3 Å². The van der Waals surface area contributed by atoms with Gasteiger partial charge in [-0.3, -0.25) is 0 Å². The Labute approximate surface area is 163 Å². The van der Waals surface area contributed by atoms with Crippen LogP contribution in [0.1, 0.15) is 79.1 Å². The average molecular weight is 401 g/mol. The van der Waals surface area contributed by atoms with Crippen LogP contribution in [-0.4, -0.2) is 24.6 Å².